The number of imidazole rings is 1. The number of hydrogen-bond acceptors (Lipinski definition) is 7. The molecule has 0 radical (unpaired) electrons. The maximum Gasteiger partial charge on any atom is 0.224 e. The number of fused-ring (bicyclic) bond motifs is 1. The van der Waals surface area contributed by atoms with Crippen LogP contribution in [0.3, 0.4) is 0 Å². The molecule has 8 nitrogen and oxygen atoms in total. The summed E-state index contributed by atoms with van der Waals surface area (Å²) in [4.78, 5) is 13.0. The second kappa shape index (κ2) is 8.55. The van der Waals surface area contributed by atoms with Gasteiger partial charge in [-0.3, -0.25) is 4.57 Å². The highest BCUT2D eigenvalue weighted by molar-refractivity contribution is 5.76. The van der Waals surface area contributed by atoms with Crippen LogP contribution in [0.15, 0.2) is 18.3 Å². The van der Waals surface area contributed by atoms with E-state index < -0.39 is 48.1 Å². The molecule has 0 spiro atoms. The van der Waals surface area contributed by atoms with E-state index in [9.17, 15) is 18.3 Å². The van der Waals surface area contributed by atoms with E-state index in [-0.39, 0.29) is 30.8 Å². The summed E-state index contributed by atoms with van der Waals surface area (Å²) in [6.45, 7) is 0.767. The Bertz CT molecular complexity index is 1230. The van der Waals surface area contributed by atoms with Crippen LogP contribution in [0.1, 0.15) is 42.2 Å². The minimum absolute atomic E-state index is 0.0470. The number of rotatable bonds is 5. The van der Waals surface area contributed by atoms with Gasteiger partial charge in [0.15, 0.2) is 17.3 Å². The van der Waals surface area contributed by atoms with E-state index in [1.165, 1.54) is 6.20 Å². The van der Waals surface area contributed by atoms with Crippen molar-refractivity contribution in [1.82, 2.24) is 19.5 Å². The minimum Gasteiger partial charge on any atom is -0.393 e. The Morgan fingerprint density at radius 3 is 2.69 bits per heavy atom. The van der Waals surface area contributed by atoms with Crippen molar-refractivity contribution in [2.24, 2.45) is 0 Å². The molecule has 170 valence electrons. The lowest BCUT2D eigenvalue weighted by atomic mass is 9.93. The van der Waals surface area contributed by atoms with E-state index in [0.29, 0.717) is 42.9 Å². The van der Waals surface area contributed by atoms with Crippen molar-refractivity contribution in [3.63, 3.8) is 0 Å². The molecule has 5 rings (SSSR count). The van der Waals surface area contributed by atoms with Crippen molar-refractivity contribution >= 4 is 28.7 Å². The zero-order valence-electron chi connectivity index (χ0n) is 19.9. The number of aromatic nitrogens is 4. The van der Waals surface area contributed by atoms with Crippen LogP contribution < -0.4 is 10.6 Å². The Labute approximate surface area is 186 Å². The third-order valence-electron chi connectivity index (χ3n) is 5.45. The van der Waals surface area contributed by atoms with E-state index in [1.807, 2.05) is 0 Å². The molecule has 32 heavy (non-hydrogen) atoms. The van der Waals surface area contributed by atoms with E-state index >= 15 is 0 Å². The summed E-state index contributed by atoms with van der Waals surface area (Å²) < 4.78 is 73.8. The van der Waals surface area contributed by atoms with Gasteiger partial charge in [-0.2, -0.15) is 4.98 Å². The Morgan fingerprint density at radius 2 is 1.97 bits per heavy atom. The maximum atomic E-state index is 14.3. The van der Waals surface area contributed by atoms with Crippen LogP contribution in [0.2, 0.25) is 0 Å². The molecule has 1 saturated heterocycles. The molecule has 11 heteroatoms. The molecule has 3 aromatic rings. The van der Waals surface area contributed by atoms with E-state index in [2.05, 4.69) is 25.6 Å². The predicted molar refractivity (Wildman–Crippen MR) is 111 cm³/mol. The molecule has 3 N–H and O–H groups in total. The van der Waals surface area contributed by atoms with Crippen molar-refractivity contribution in [3.8, 4) is 0 Å². The average molecular weight is 451 g/mol. The molecule has 0 amide bonds. The molecule has 2 aliphatic rings. The molecular weight excluding hydrogens is 425 g/mol. The monoisotopic (exact) mass is 451 g/mol. The van der Waals surface area contributed by atoms with Crippen LogP contribution in [-0.2, 0) is 4.74 Å². The Balaban J connectivity index is 1.53. The zero-order chi connectivity index (χ0) is 24.9. The van der Waals surface area contributed by atoms with Gasteiger partial charge in [0.2, 0.25) is 11.9 Å². The molecular formula is C21H23F3N6O2. The molecule has 4 atom stereocenters. The van der Waals surface area contributed by atoms with Gasteiger partial charge in [0.1, 0.15) is 17.0 Å². The molecule has 3 heterocycles. The number of ether oxygens (including phenoxy) is 1. The quantitative estimate of drug-likeness (QED) is 0.545. The van der Waals surface area contributed by atoms with E-state index in [4.69, 9.17) is 8.85 Å². The molecule has 1 aliphatic carbocycles. The highest BCUT2D eigenvalue weighted by atomic mass is 19.1. The number of hydrogen-bond donors (Lipinski definition) is 3. The van der Waals surface area contributed by atoms with Crippen LogP contribution in [0, 0.1) is 17.5 Å². The zero-order valence-corrected chi connectivity index (χ0v) is 16.9. The summed E-state index contributed by atoms with van der Waals surface area (Å²) in [5.74, 6) is -3.19. The van der Waals surface area contributed by atoms with Gasteiger partial charge in [-0.15, -0.1) is 0 Å². The summed E-state index contributed by atoms with van der Waals surface area (Å²) in [7, 11) is 0. The van der Waals surface area contributed by atoms with Gasteiger partial charge in [0, 0.05) is 28.9 Å². The number of halogens is 3. The molecule has 0 bridgehead atoms. The van der Waals surface area contributed by atoms with Crippen LogP contribution in [0.5, 0.6) is 0 Å². The largest absolute Gasteiger partial charge is 0.393 e. The first kappa shape index (κ1) is 17.6. The normalized spacial score (nSPS) is 28.8. The lowest BCUT2D eigenvalue weighted by Crippen LogP contribution is -2.29. The first-order valence-corrected chi connectivity index (χ1v) is 10.2. The molecule has 1 saturated carbocycles. The van der Waals surface area contributed by atoms with Crippen LogP contribution in [0.4, 0.5) is 30.8 Å². The summed E-state index contributed by atoms with van der Waals surface area (Å²) in [5.41, 5.74) is 0.0397. The molecule has 2 fully saturated rings. The summed E-state index contributed by atoms with van der Waals surface area (Å²) in [6.07, 6.45) is -1.75. The second-order valence-corrected chi connectivity index (χ2v) is 7.75. The third-order valence-corrected chi connectivity index (χ3v) is 5.45. The summed E-state index contributed by atoms with van der Waals surface area (Å²) in [5, 5.41) is 15.3. The first-order chi connectivity index (χ1) is 16.6. The van der Waals surface area contributed by atoms with Gasteiger partial charge in [0.05, 0.1) is 24.9 Å². The maximum absolute atomic E-state index is 14.3. The third kappa shape index (κ3) is 4.09. The van der Waals surface area contributed by atoms with Crippen molar-refractivity contribution in [1.29, 1.82) is 0 Å². The van der Waals surface area contributed by atoms with E-state index in [0.717, 1.165) is 0 Å². The van der Waals surface area contributed by atoms with E-state index in [1.54, 1.807) is 4.57 Å². The van der Waals surface area contributed by atoms with Crippen molar-refractivity contribution < 1.29 is 27.1 Å². The van der Waals surface area contributed by atoms with Crippen molar-refractivity contribution in [2.75, 3.05) is 23.8 Å². The average Bonchev–Trinajstić information content (AvgIpc) is 3.39. The number of anilines is 3. The highest BCUT2D eigenvalue weighted by Gasteiger charge is 2.27. The SMILES string of the molecule is [2H]C1CC(O)CC([2H])([2H])C1Nc1ncc2nc(Nc3c(F)cc(F)cc3F)n(C3CCOC3)c2n1. The molecule has 1 aromatic carbocycles. The predicted octanol–water partition coefficient (Wildman–Crippen LogP) is 3.66. The number of aliphatic hydroxyl groups excluding tert-OH is 1. The van der Waals surface area contributed by atoms with Crippen LogP contribution >= 0.6 is 0 Å². The molecule has 4 unspecified atom stereocenters. The number of aliphatic hydroxyl groups is 1. The lowest BCUT2D eigenvalue weighted by Gasteiger charge is -2.26. The Hall–Kier alpha value is -2.92. The van der Waals surface area contributed by atoms with Gasteiger partial charge < -0.3 is 20.5 Å². The first-order valence-electron chi connectivity index (χ1n) is 11.8. The molecule has 1 aliphatic heterocycles. The topological polar surface area (TPSA) is 97.1 Å². The van der Waals surface area contributed by atoms with Gasteiger partial charge in [0.25, 0.3) is 0 Å². The van der Waals surface area contributed by atoms with Gasteiger partial charge >= 0.3 is 0 Å². The standard InChI is InChI=1S/C21H23F3N6O2/c22-11-7-15(23)18(16(24)8-11)28-21-27-17-9-25-20(26-12-1-3-14(31)4-2-12)29-19(17)30(21)13-5-6-32-10-13/h7-9,12-14,31H,1-6,10H2,(H,27,28)(H,25,26,29)/i1D,2D2. The summed E-state index contributed by atoms with van der Waals surface area (Å²) in [6, 6.07) is -0.108. The smallest absolute Gasteiger partial charge is 0.224 e. The minimum atomic E-state index is -1.87. The number of nitrogens with one attached hydrogen (secondary N) is 2. The van der Waals surface area contributed by atoms with Crippen molar-refractivity contribution in [3.05, 3.63) is 35.8 Å². The fourth-order valence-electron chi connectivity index (χ4n) is 3.87. The summed E-state index contributed by atoms with van der Waals surface area (Å²) >= 11 is 0. The van der Waals surface area contributed by atoms with Gasteiger partial charge in [-0.1, -0.05) is 0 Å². The van der Waals surface area contributed by atoms with Gasteiger partial charge in [-0.25, -0.2) is 23.1 Å². The Morgan fingerprint density at radius 1 is 1.16 bits per heavy atom. The Kier molecular flexibility index (Phi) is 4.71. The number of nitrogens with zero attached hydrogens (tertiary/aromatic N) is 4. The molecule has 2 aromatic heterocycles. The lowest BCUT2D eigenvalue weighted by molar-refractivity contribution is 0.126. The number of benzene rings is 1. The highest BCUT2D eigenvalue weighted by Crippen LogP contribution is 2.32. The van der Waals surface area contributed by atoms with Crippen LogP contribution in [0.25, 0.3) is 11.2 Å². The van der Waals surface area contributed by atoms with Crippen molar-refractivity contribution in [2.45, 2.75) is 50.2 Å². The van der Waals surface area contributed by atoms with Crippen LogP contribution in [-0.4, -0.2) is 50.0 Å². The fraction of sp³-hybridized carbons (Fsp3) is 0.476. The fourth-order valence-corrected chi connectivity index (χ4v) is 3.87. The second-order valence-electron chi connectivity index (χ2n) is 7.75. The van der Waals surface area contributed by atoms with Gasteiger partial charge in [-0.05, 0) is 32.0 Å².